The second kappa shape index (κ2) is 13.1. The lowest BCUT2D eigenvalue weighted by Crippen LogP contribution is -2.43. The minimum absolute atomic E-state index is 0.0163. The van der Waals surface area contributed by atoms with Gasteiger partial charge in [-0.3, -0.25) is 14.3 Å². The molecule has 7 nitrogen and oxygen atoms in total. The minimum Gasteiger partial charge on any atom is -0.490 e. The quantitative estimate of drug-likeness (QED) is 0.257. The number of carbonyl (C=O) groups excluding carboxylic acids is 2. The average Bonchev–Trinajstić information content (AvgIpc) is 3.76. The topological polar surface area (TPSA) is 102 Å². The summed E-state index contributed by atoms with van der Waals surface area (Å²) in [7, 11) is -3.77. The molecule has 248 valence electrons. The minimum atomic E-state index is -3.77. The molecule has 10 heteroatoms. The van der Waals surface area contributed by atoms with Gasteiger partial charge in [0.05, 0.1) is 17.3 Å². The zero-order valence-corrected chi connectivity index (χ0v) is 27.9. The van der Waals surface area contributed by atoms with Crippen molar-refractivity contribution in [2.24, 2.45) is 5.92 Å². The number of rotatable bonds is 9. The Morgan fingerprint density at radius 1 is 1.11 bits per heavy atom. The number of ether oxygens (including phenoxy) is 1. The van der Waals surface area contributed by atoms with E-state index in [2.05, 4.69) is 21.9 Å². The summed E-state index contributed by atoms with van der Waals surface area (Å²) >= 11 is 0. The van der Waals surface area contributed by atoms with E-state index < -0.39 is 32.8 Å². The van der Waals surface area contributed by atoms with E-state index in [9.17, 15) is 22.4 Å². The first-order valence-electron chi connectivity index (χ1n) is 16.3. The molecule has 1 aliphatic heterocycles. The van der Waals surface area contributed by atoms with E-state index in [1.165, 1.54) is 13.0 Å². The molecule has 0 unspecified atom stereocenters. The summed E-state index contributed by atoms with van der Waals surface area (Å²) in [6.45, 7) is 6.60. The zero-order valence-electron chi connectivity index (χ0n) is 27.1. The maximum absolute atomic E-state index is 15.6. The van der Waals surface area contributed by atoms with Crippen LogP contribution in [0.2, 0.25) is 0 Å². The van der Waals surface area contributed by atoms with Crippen LogP contribution in [0.25, 0.3) is 11.1 Å². The summed E-state index contributed by atoms with van der Waals surface area (Å²) < 4.78 is 63.5. The molecule has 0 radical (unpaired) electrons. The molecule has 1 spiro atoms. The summed E-state index contributed by atoms with van der Waals surface area (Å²) in [4.78, 5) is 26.0. The number of carbonyl (C=O) groups is 2. The fraction of sp³-hybridized carbons (Fsp3) is 0.556. The van der Waals surface area contributed by atoms with Crippen molar-refractivity contribution in [1.29, 1.82) is 0 Å². The molecular formula is C36H44F2N2O5S. The third-order valence-electron chi connectivity index (χ3n) is 10.1. The van der Waals surface area contributed by atoms with E-state index in [1.54, 1.807) is 44.2 Å². The first-order chi connectivity index (χ1) is 21.7. The van der Waals surface area contributed by atoms with Gasteiger partial charge in [-0.2, -0.15) is 0 Å². The highest BCUT2D eigenvalue weighted by Gasteiger charge is 2.53. The number of benzene rings is 2. The monoisotopic (exact) mass is 654 g/mol. The smallest absolute Gasteiger partial charge is 0.244 e. The Kier molecular flexibility index (Phi) is 9.68. The maximum atomic E-state index is 15.6. The largest absolute Gasteiger partial charge is 0.490 e. The summed E-state index contributed by atoms with van der Waals surface area (Å²) in [6.07, 6.45) is 6.18. The van der Waals surface area contributed by atoms with Crippen LogP contribution in [0, 0.1) is 23.6 Å². The Bertz CT molecular complexity index is 1670. The van der Waals surface area contributed by atoms with Crippen molar-refractivity contribution in [3.63, 3.8) is 0 Å². The predicted octanol–water partition coefficient (Wildman–Crippen LogP) is 5.93. The van der Waals surface area contributed by atoms with Crippen LogP contribution in [0.3, 0.4) is 0 Å². The lowest BCUT2D eigenvalue weighted by atomic mass is 9.82. The summed E-state index contributed by atoms with van der Waals surface area (Å²) in [6, 6.07) is 10.0. The summed E-state index contributed by atoms with van der Waals surface area (Å²) in [5.74, 6) is 4.12. The van der Waals surface area contributed by atoms with Gasteiger partial charge in [0.2, 0.25) is 21.7 Å². The number of ketones is 1. The standard InChI is InChI=1S/C36H44F2N2O5S/c1-5-27-28(10-9-11-30(27)37)29-21-25(34(3,4)33(42)40-46(43,44)6-2)14-16-31(29)45-26-15-12-24(20-26)13-17-32(41)36(38)22-35(39-23-36)18-7-8-19-35/h9-11,14,16,21,24,26,39H,5-8,12,15,18-20,22-23H2,1-4H3,(H,40,42)/t24-,26+,36-/m0/s1. The molecule has 46 heavy (non-hydrogen) atoms. The number of alkyl halides is 1. The highest BCUT2D eigenvalue weighted by Crippen LogP contribution is 2.43. The van der Waals surface area contributed by atoms with Crippen LogP contribution in [0.15, 0.2) is 36.4 Å². The molecule has 1 saturated heterocycles. The molecule has 0 aromatic heterocycles. The van der Waals surface area contributed by atoms with Crippen LogP contribution in [-0.2, 0) is 31.4 Å². The van der Waals surface area contributed by atoms with Gasteiger partial charge >= 0.3 is 0 Å². The second-order valence-electron chi connectivity index (χ2n) is 13.6. The normalized spacial score (nSPS) is 24.0. The Labute approximate surface area is 271 Å². The molecule has 5 rings (SSSR count). The summed E-state index contributed by atoms with van der Waals surface area (Å²) in [5, 5.41) is 3.27. The number of hydrogen-bond donors (Lipinski definition) is 2. The van der Waals surface area contributed by atoms with Gasteiger partial charge in [-0.25, -0.2) is 17.2 Å². The van der Waals surface area contributed by atoms with E-state index in [-0.39, 0.29) is 42.1 Å². The summed E-state index contributed by atoms with van der Waals surface area (Å²) in [5.41, 5.74) is -1.19. The number of Topliss-reactive ketones (excluding diaryl/α,β-unsaturated/α-hetero) is 1. The van der Waals surface area contributed by atoms with Crippen LogP contribution < -0.4 is 14.8 Å². The highest BCUT2D eigenvalue weighted by atomic mass is 32.2. The van der Waals surface area contributed by atoms with Gasteiger partial charge in [0.15, 0.2) is 5.67 Å². The zero-order chi connectivity index (χ0) is 33.3. The van der Waals surface area contributed by atoms with Crippen molar-refractivity contribution in [2.75, 3.05) is 12.3 Å². The van der Waals surface area contributed by atoms with Crippen LogP contribution in [-0.4, -0.2) is 49.7 Å². The number of nitrogens with one attached hydrogen (secondary N) is 2. The van der Waals surface area contributed by atoms with Gasteiger partial charge in [0, 0.05) is 30.0 Å². The predicted molar refractivity (Wildman–Crippen MR) is 174 cm³/mol. The molecule has 2 N–H and O–H groups in total. The fourth-order valence-electron chi connectivity index (χ4n) is 7.07. The first-order valence-corrected chi connectivity index (χ1v) is 18.0. The van der Waals surface area contributed by atoms with Gasteiger partial charge in [0.25, 0.3) is 0 Å². The van der Waals surface area contributed by atoms with E-state index in [0.717, 1.165) is 25.7 Å². The molecule has 2 saturated carbocycles. The third-order valence-corrected chi connectivity index (χ3v) is 11.3. The lowest BCUT2D eigenvalue weighted by Gasteiger charge is -2.26. The molecule has 0 bridgehead atoms. The van der Waals surface area contributed by atoms with Crippen LogP contribution in [0.4, 0.5) is 8.78 Å². The lowest BCUT2D eigenvalue weighted by molar-refractivity contribution is -0.124. The average molecular weight is 655 g/mol. The van der Waals surface area contributed by atoms with Crippen molar-refractivity contribution < 1.29 is 31.5 Å². The molecule has 3 aliphatic rings. The SMILES string of the molecule is CCc1c(F)cccc1-c1cc(C(C)(C)C(=O)NS(=O)(=O)CC)ccc1O[C@@H]1CC[C@@H](C#CC(=O)[C@@]2(F)CNC3(CCCC3)C2)C1. The van der Waals surface area contributed by atoms with Crippen molar-refractivity contribution in [3.8, 4) is 28.7 Å². The van der Waals surface area contributed by atoms with Crippen LogP contribution >= 0.6 is 0 Å². The second-order valence-corrected chi connectivity index (χ2v) is 15.6. The van der Waals surface area contributed by atoms with Crippen LogP contribution in [0.5, 0.6) is 5.75 Å². The number of amides is 1. The van der Waals surface area contributed by atoms with Gasteiger partial charge in [-0.05, 0) is 100 Å². The van der Waals surface area contributed by atoms with Gasteiger partial charge in [-0.1, -0.05) is 43.9 Å². The Balaban J connectivity index is 1.36. The van der Waals surface area contributed by atoms with Gasteiger partial charge < -0.3 is 10.1 Å². The molecular weight excluding hydrogens is 610 g/mol. The van der Waals surface area contributed by atoms with Crippen molar-refractivity contribution in [3.05, 3.63) is 53.3 Å². The first kappa shape index (κ1) is 34.1. The molecule has 3 fully saturated rings. The molecule has 1 heterocycles. The maximum Gasteiger partial charge on any atom is 0.244 e. The number of halogens is 2. The molecule has 2 aliphatic carbocycles. The molecule has 2 aromatic rings. The molecule has 1 amide bonds. The molecule has 2 aromatic carbocycles. The Morgan fingerprint density at radius 2 is 1.85 bits per heavy atom. The van der Waals surface area contributed by atoms with Crippen LogP contribution in [0.1, 0.15) is 90.2 Å². The highest BCUT2D eigenvalue weighted by molar-refractivity contribution is 7.90. The van der Waals surface area contributed by atoms with Gasteiger partial charge in [-0.15, -0.1) is 0 Å². The number of sulfonamides is 1. The van der Waals surface area contributed by atoms with E-state index >= 15 is 4.39 Å². The van der Waals surface area contributed by atoms with E-state index in [0.29, 0.717) is 53.7 Å². The Hall–Kier alpha value is -3.29. The van der Waals surface area contributed by atoms with E-state index in [4.69, 9.17) is 4.74 Å². The van der Waals surface area contributed by atoms with Crippen molar-refractivity contribution in [2.45, 2.75) is 108 Å². The van der Waals surface area contributed by atoms with Crippen molar-refractivity contribution >= 4 is 21.7 Å². The van der Waals surface area contributed by atoms with Gasteiger partial charge in [0.1, 0.15) is 11.6 Å². The molecule has 3 atom stereocenters. The van der Waals surface area contributed by atoms with E-state index in [1.807, 2.05) is 6.92 Å². The third kappa shape index (κ3) is 7.01. The van der Waals surface area contributed by atoms with Crippen molar-refractivity contribution in [1.82, 2.24) is 10.0 Å². The number of hydrogen-bond acceptors (Lipinski definition) is 6. The fourth-order valence-corrected chi connectivity index (χ4v) is 7.75. The Morgan fingerprint density at radius 3 is 2.54 bits per heavy atom.